The van der Waals surface area contributed by atoms with Crippen LogP contribution in [0.1, 0.15) is 37.9 Å². The van der Waals surface area contributed by atoms with Gasteiger partial charge in [-0.1, -0.05) is 41.7 Å². The number of para-hydroxylation sites is 1. The van der Waals surface area contributed by atoms with Crippen LogP contribution in [0.15, 0.2) is 69.6 Å². The SMILES string of the molecule is CCOC(=O)C1=C(C)N=c2s/c(=C/c3ccccc3OCC)c(=O)n2[C@H]1c1ccc(OC)cc1. The Bertz CT molecular complexity index is 1420. The van der Waals surface area contributed by atoms with Crippen molar-refractivity contribution in [3.63, 3.8) is 0 Å². The number of methoxy groups -OCH3 is 1. The van der Waals surface area contributed by atoms with Crippen molar-refractivity contribution < 1.29 is 19.0 Å². The zero-order chi connectivity index (χ0) is 24.2. The van der Waals surface area contributed by atoms with E-state index in [1.165, 1.54) is 11.3 Å². The first-order valence-corrected chi connectivity index (χ1v) is 11.9. The molecule has 1 aromatic heterocycles. The van der Waals surface area contributed by atoms with Crippen molar-refractivity contribution in [3.8, 4) is 11.5 Å². The maximum atomic E-state index is 13.7. The van der Waals surface area contributed by atoms with E-state index in [-0.39, 0.29) is 12.2 Å². The van der Waals surface area contributed by atoms with Crippen LogP contribution in [-0.2, 0) is 9.53 Å². The van der Waals surface area contributed by atoms with Crippen LogP contribution in [0.3, 0.4) is 0 Å². The number of hydrogen-bond acceptors (Lipinski definition) is 7. The predicted molar refractivity (Wildman–Crippen MR) is 131 cm³/mol. The molecule has 0 unspecified atom stereocenters. The summed E-state index contributed by atoms with van der Waals surface area (Å²) in [6.07, 6.45) is 1.81. The minimum absolute atomic E-state index is 0.226. The highest BCUT2D eigenvalue weighted by atomic mass is 32.1. The molecule has 0 bridgehead atoms. The van der Waals surface area contributed by atoms with E-state index in [9.17, 15) is 9.59 Å². The number of esters is 1. The van der Waals surface area contributed by atoms with Gasteiger partial charge in [0.25, 0.3) is 5.56 Å². The average Bonchev–Trinajstić information content (AvgIpc) is 3.14. The Morgan fingerprint density at radius 2 is 1.85 bits per heavy atom. The molecule has 0 aliphatic carbocycles. The predicted octanol–water partition coefficient (Wildman–Crippen LogP) is 3.21. The average molecular weight is 479 g/mol. The molecule has 0 fully saturated rings. The Labute approximate surface area is 201 Å². The number of nitrogens with zero attached hydrogens (tertiary/aromatic N) is 2. The van der Waals surface area contributed by atoms with Crippen molar-refractivity contribution >= 4 is 23.4 Å². The number of allylic oxidation sites excluding steroid dienone is 1. The fourth-order valence-corrected chi connectivity index (χ4v) is 4.96. The number of ether oxygens (including phenoxy) is 3. The molecule has 4 rings (SSSR count). The van der Waals surface area contributed by atoms with Gasteiger partial charge >= 0.3 is 5.97 Å². The first-order valence-electron chi connectivity index (χ1n) is 11.0. The van der Waals surface area contributed by atoms with Gasteiger partial charge < -0.3 is 14.2 Å². The minimum atomic E-state index is -0.662. The second kappa shape index (κ2) is 10.1. The number of hydrogen-bond donors (Lipinski definition) is 0. The molecule has 0 amide bonds. The Morgan fingerprint density at radius 1 is 1.12 bits per heavy atom. The second-order valence-corrected chi connectivity index (χ2v) is 8.56. The molecule has 1 aliphatic rings. The summed E-state index contributed by atoms with van der Waals surface area (Å²) < 4.78 is 18.4. The molecule has 2 aromatic carbocycles. The zero-order valence-corrected chi connectivity index (χ0v) is 20.3. The maximum absolute atomic E-state index is 13.7. The highest BCUT2D eigenvalue weighted by Gasteiger charge is 2.33. The maximum Gasteiger partial charge on any atom is 0.338 e. The quantitative estimate of drug-likeness (QED) is 0.488. The van der Waals surface area contributed by atoms with Crippen LogP contribution in [0.4, 0.5) is 0 Å². The van der Waals surface area contributed by atoms with Crippen molar-refractivity contribution in [2.45, 2.75) is 26.8 Å². The number of benzene rings is 2. The molecule has 8 heteroatoms. The first-order chi connectivity index (χ1) is 16.5. The third-order valence-corrected chi connectivity index (χ3v) is 6.44. The van der Waals surface area contributed by atoms with Crippen molar-refractivity contribution in [1.82, 2.24) is 4.57 Å². The van der Waals surface area contributed by atoms with Gasteiger partial charge in [0.05, 0.1) is 42.2 Å². The fourth-order valence-electron chi connectivity index (χ4n) is 3.92. The van der Waals surface area contributed by atoms with E-state index in [0.717, 1.165) is 11.1 Å². The van der Waals surface area contributed by atoms with Gasteiger partial charge in [-0.15, -0.1) is 0 Å². The Hall–Kier alpha value is -3.65. The van der Waals surface area contributed by atoms with Crippen LogP contribution < -0.4 is 24.4 Å². The summed E-state index contributed by atoms with van der Waals surface area (Å²) in [6.45, 7) is 6.18. The van der Waals surface area contributed by atoms with Gasteiger partial charge in [0.15, 0.2) is 4.80 Å². The van der Waals surface area contributed by atoms with Crippen LogP contribution in [0.5, 0.6) is 11.5 Å². The van der Waals surface area contributed by atoms with E-state index in [0.29, 0.717) is 38.7 Å². The Kier molecular flexibility index (Phi) is 6.98. The largest absolute Gasteiger partial charge is 0.497 e. The van der Waals surface area contributed by atoms with E-state index in [1.807, 2.05) is 61.5 Å². The van der Waals surface area contributed by atoms with Crippen LogP contribution in [0, 0.1) is 0 Å². The molecule has 2 heterocycles. The van der Waals surface area contributed by atoms with Crippen molar-refractivity contribution in [3.05, 3.63) is 90.6 Å². The lowest BCUT2D eigenvalue weighted by Gasteiger charge is -2.24. The lowest BCUT2D eigenvalue weighted by Crippen LogP contribution is -2.39. The molecule has 7 nitrogen and oxygen atoms in total. The van der Waals surface area contributed by atoms with Crippen LogP contribution >= 0.6 is 11.3 Å². The topological polar surface area (TPSA) is 79.1 Å². The van der Waals surface area contributed by atoms with Crippen LogP contribution in [0.25, 0.3) is 6.08 Å². The molecule has 0 N–H and O–H groups in total. The van der Waals surface area contributed by atoms with E-state index in [2.05, 4.69) is 4.99 Å². The van der Waals surface area contributed by atoms with Gasteiger partial charge in [-0.25, -0.2) is 9.79 Å². The molecule has 34 heavy (non-hydrogen) atoms. The molecule has 0 saturated heterocycles. The highest BCUT2D eigenvalue weighted by molar-refractivity contribution is 7.07. The van der Waals surface area contributed by atoms with E-state index < -0.39 is 12.0 Å². The van der Waals surface area contributed by atoms with Crippen LogP contribution in [-0.4, -0.2) is 30.9 Å². The number of carbonyl (C=O) groups excluding carboxylic acids is 1. The second-order valence-electron chi connectivity index (χ2n) is 7.55. The van der Waals surface area contributed by atoms with E-state index in [1.54, 1.807) is 25.5 Å². The number of fused-ring (bicyclic) bond motifs is 1. The van der Waals surface area contributed by atoms with Gasteiger partial charge in [-0.05, 0) is 50.6 Å². The summed E-state index contributed by atoms with van der Waals surface area (Å²) >= 11 is 1.28. The first kappa shape index (κ1) is 23.5. The molecule has 0 saturated carbocycles. The molecule has 3 aromatic rings. The van der Waals surface area contributed by atoms with Gasteiger partial charge in [0.2, 0.25) is 0 Å². The molecular formula is C26H26N2O5S. The van der Waals surface area contributed by atoms with Crippen LogP contribution in [0.2, 0.25) is 0 Å². The molecule has 0 radical (unpaired) electrons. The van der Waals surface area contributed by atoms with E-state index in [4.69, 9.17) is 14.2 Å². The summed E-state index contributed by atoms with van der Waals surface area (Å²) in [4.78, 5) is 31.7. The summed E-state index contributed by atoms with van der Waals surface area (Å²) in [5, 5.41) is 0. The zero-order valence-electron chi connectivity index (χ0n) is 19.5. The Morgan fingerprint density at radius 3 is 2.53 bits per heavy atom. The summed E-state index contributed by atoms with van der Waals surface area (Å²) in [7, 11) is 1.59. The summed E-state index contributed by atoms with van der Waals surface area (Å²) in [6, 6.07) is 14.2. The van der Waals surface area contributed by atoms with E-state index >= 15 is 0 Å². The molecule has 0 spiro atoms. The lowest BCUT2D eigenvalue weighted by molar-refractivity contribution is -0.139. The van der Waals surface area contributed by atoms with Gasteiger partial charge in [-0.2, -0.15) is 0 Å². The van der Waals surface area contributed by atoms with Gasteiger partial charge in [0, 0.05) is 5.56 Å². The standard InChI is InChI=1S/C26H26N2O5S/c1-5-32-20-10-8-7-9-18(20)15-21-24(29)28-23(17-11-13-19(31-4)14-12-17)22(25(30)33-6-2)16(3)27-26(28)34-21/h7-15,23H,5-6H2,1-4H3/b21-15+/t23-/m0/s1. The summed E-state index contributed by atoms with van der Waals surface area (Å²) in [5.41, 5.74) is 2.21. The smallest absolute Gasteiger partial charge is 0.338 e. The van der Waals surface area contributed by atoms with Gasteiger partial charge in [-0.3, -0.25) is 9.36 Å². The third kappa shape index (κ3) is 4.41. The molecule has 1 aliphatic heterocycles. The lowest BCUT2D eigenvalue weighted by atomic mass is 9.96. The highest BCUT2D eigenvalue weighted by Crippen LogP contribution is 2.31. The number of aromatic nitrogens is 1. The minimum Gasteiger partial charge on any atom is -0.497 e. The number of rotatable bonds is 7. The Balaban J connectivity index is 1.93. The van der Waals surface area contributed by atoms with Crippen molar-refractivity contribution in [1.29, 1.82) is 0 Å². The summed E-state index contributed by atoms with van der Waals surface area (Å²) in [5.74, 6) is 0.897. The fraction of sp³-hybridized carbons (Fsp3) is 0.269. The van der Waals surface area contributed by atoms with Crippen molar-refractivity contribution in [2.75, 3.05) is 20.3 Å². The third-order valence-electron chi connectivity index (χ3n) is 5.45. The van der Waals surface area contributed by atoms with Gasteiger partial charge in [0.1, 0.15) is 11.5 Å². The normalized spacial score (nSPS) is 15.5. The number of thiazole rings is 1. The number of carbonyl (C=O) groups is 1. The monoisotopic (exact) mass is 478 g/mol. The molecular weight excluding hydrogens is 452 g/mol. The molecule has 176 valence electrons. The van der Waals surface area contributed by atoms with Crippen molar-refractivity contribution in [2.24, 2.45) is 4.99 Å². The molecule has 1 atom stereocenters.